The summed E-state index contributed by atoms with van der Waals surface area (Å²) >= 11 is 0. The van der Waals surface area contributed by atoms with Gasteiger partial charge in [-0.05, 0) is 30.5 Å². The molecule has 0 heterocycles. The predicted octanol–water partition coefficient (Wildman–Crippen LogP) is 3.80. The van der Waals surface area contributed by atoms with Crippen LogP contribution >= 0.6 is 0 Å². The minimum absolute atomic E-state index is 0.103. The second-order valence-electron chi connectivity index (χ2n) is 5.57. The van der Waals surface area contributed by atoms with Crippen LogP contribution in [0.1, 0.15) is 36.7 Å². The van der Waals surface area contributed by atoms with E-state index >= 15 is 0 Å². The van der Waals surface area contributed by atoms with Crippen LogP contribution in [-0.4, -0.2) is 29.6 Å². The zero-order valence-electron chi connectivity index (χ0n) is 12.8. The molecule has 0 spiro atoms. The van der Waals surface area contributed by atoms with Crippen molar-refractivity contribution >= 4 is 5.91 Å². The molecule has 0 fully saturated rings. The predicted molar refractivity (Wildman–Crippen MR) is 77.2 cm³/mol. The highest BCUT2D eigenvalue weighted by Gasteiger charge is 2.36. The highest BCUT2D eigenvalue weighted by molar-refractivity contribution is 5.94. The largest absolute Gasteiger partial charge is 0.406 e. The molecule has 1 amide bonds. The lowest BCUT2D eigenvalue weighted by Crippen LogP contribution is -2.46. The summed E-state index contributed by atoms with van der Waals surface area (Å²) in [6.45, 7) is 3.86. The summed E-state index contributed by atoms with van der Waals surface area (Å²) in [6.07, 6.45) is -4.34. The number of rotatable bonds is 5. The number of hydrogen-bond acceptors (Lipinski definition) is 2. The van der Waals surface area contributed by atoms with Crippen LogP contribution < -0.4 is 0 Å². The van der Waals surface area contributed by atoms with Gasteiger partial charge in [0.15, 0.2) is 0 Å². The van der Waals surface area contributed by atoms with Crippen molar-refractivity contribution in [2.45, 2.75) is 39.4 Å². The first-order chi connectivity index (χ1) is 10.2. The quantitative estimate of drug-likeness (QED) is 0.830. The average Bonchev–Trinajstić information content (AvgIpc) is 2.43. The maximum atomic E-state index is 12.8. The fraction of sp³-hybridized carbons (Fsp3) is 0.500. The molecule has 0 aliphatic rings. The molecule has 1 aromatic rings. The Bertz CT molecular complexity index is 561. The zero-order valence-corrected chi connectivity index (χ0v) is 12.8. The summed E-state index contributed by atoms with van der Waals surface area (Å²) in [5.41, 5.74) is 0.780. The molecule has 0 saturated heterocycles. The summed E-state index contributed by atoms with van der Waals surface area (Å²) in [4.78, 5) is 13.3. The Morgan fingerprint density at radius 3 is 2.45 bits per heavy atom. The van der Waals surface area contributed by atoms with Crippen LogP contribution in [0.25, 0.3) is 0 Å². The minimum atomic E-state index is -4.46. The van der Waals surface area contributed by atoms with Crippen LogP contribution in [0, 0.1) is 17.2 Å². The van der Waals surface area contributed by atoms with Gasteiger partial charge in [0, 0.05) is 11.6 Å². The van der Waals surface area contributed by atoms with Gasteiger partial charge in [-0.2, -0.15) is 18.4 Å². The smallest absolute Gasteiger partial charge is 0.327 e. The SMILES string of the molecule is CC(C)C(C)N(CC(F)(F)F)C(=O)c1cccc(CC#N)c1. The maximum Gasteiger partial charge on any atom is 0.406 e. The van der Waals surface area contributed by atoms with Gasteiger partial charge in [-0.1, -0.05) is 26.0 Å². The fourth-order valence-corrected chi connectivity index (χ4v) is 2.03. The van der Waals surface area contributed by atoms with Crippen molar-refractivity contribution in [1.82, 2.24) is 4.90 Å². The van der Waals surface area contributed by atoms with E-state index in [1.165, 1.54) is 12.1 Å². The first kappa shape index (κ1) is 18.0. The third-order valence-corrected chi connectivity index (χ3v) is 3.52. The fourth-order valence-electron chi connectivity index (χ4n) is 2.03. The molecule has 6 heteroatoms. The Hall–Kier alpha value is -2.03. The number of amides is 1. The minimum Gasteiger partial charge on any atom is -0.327 e. The van der Waals surface area contributed by atoms with Crippen molar-refractivity contribution in [3.05, 3.63) is 35.4 Å². The molecule has 0 saturated carbocycles. The summed E-state index contributed by atoms with van der Waals surface area (Å²) < 4.78 is 38.3. The molecule has 1 atom stereocenters. The first-order valence-corrected chi connectivity index (χ1v) is 6.99. The normalized spacial score (nSPS) is 12.8. The van der Waals surface area contributed by atoms with E-state index in [1.807, 2.05) is 6.07 Å². The van der Waals surface area contributed by atoms with Gasteiger partial charge in [0.05, 0.1) is 12.5 Å². The monoisotopic (exact) mass is 312 g/mol. The van der Waals surface area contributed by atoms with Crippen molar-refractivity contribution in [2.24, 2.45) is 5.92 Å². The lowest BCUT2D eigenvalue weighted by atomic mass is 10.0. The van der Waals surface area contributed by atoms with E-state index in [-0.39, 0.29) is 17.9 Å². The number of alkyl halides is 3. The zero-order chi connectivity index (χ0) is 16.9. The van der Waals surface area contributed by atoms with E-state index in [0.29, 0.717) is 5.56 Å². The maximum absolute atomic E-state index is 12.8. The Labute approximate surface area is 128 Å². The molecular formula is C16H19F3N2O. The van der Waals surface area contributed by atoms with E-state index in [0.717, 1.165) is 4.90 Å². The van der Waals surface area contributed by atoms with Crippen molar-refractivity contribution in [1.29, 1.82) is 5.26 Å². The van der Waals surface area contributed by atoms with Crippen molar-refractivity contribution in [3.8, 4) is 6.07 Å². The molecule has 0 aliphatic heterocycles. The Balaban J connectivity index is 3.11. The van der Waals surface area contributed by atoms with Crippen LogP contribution in [0.2, 0.25) is 0 Å². The van der Waals surface area contributed by atoms with Crippen LogP contribution in [0.15, 0.2) is 24.3 Å². The number of carbonyl (C=O) groups excluding carboxylic acids is 1. The van der Waals surface area contributed by atoms with Crippen LogP contribution in [0.3, 0.4) is 0 Å². The Morgan fingerprint density at radius 2 is 1.95 bits per heavy atom. The van der Waals surface area contributed by atoms with Gasteiger partial charge in [-0.3, -0.25) is 4.79 Å². The molecule has 22 heavy (non-hydrogen) atoms. The van der Waals surface area contributed by atoms with Gasteiger partial charge in [-0.25, -0.2) is 0 Å². The van der Waals surface area contributed by atoms with Gasteiger partial charge in [0.25, 0.3) is 5.91 Å². The summed E-state index contributed by atoms with van der Waals surface area (Å²) in [5, 5.41) is 8.68. The number of nitriles is 1. The number of benzene rings is 1. The lowest BCUT2D eigenvalue weighted by molar-refractivity contribution is -0.145. The summed E-state index contributed by atoms with van der Waals surface area (Å²) in [7, 11) is 0. The molecule has 3 nitrogen and oxygen atoms in total. The van der Waals surface area contributed by atoms with Crippen molar-refractivity contribution in [3.63, 3.8) is 0 Å². The van der Waals surface area contributed by atoms with E-state index in [2.05, 4.69) is 0 Å². The third kappa shape index (κ3) is 5.06. The van der Waals surface area contributed by atoms with Gasteiger partial charge in [-0.15, -0.1) is 0 Å². The molecule has 1 unspecified atom stereocenters. The van der Waals surface area contributed by atoms with Crippen LogP contribution in [0.5, 0.6) is 0 Å². The number of halogens is 3. The Morgan fingerprint density at radius 1 is 1.32 bits per heavy atom. The molecule has 0 aromatic heterocycles. The second-order valence-corrected chi connectivity index (χ2v) is 5.57. The molecule has 1 aromatic carbocycles. The molecular weight excluding hydrogens is 293 g/mol. The van der Waals surface area contributed by atoms with Crippen molar-refractivity contribution in [2.75, 3.05) is 6.54 Å². The molecule has 0 bridgehead atoms. The number of nitrogens with zero attached hydrogens (tertiary/aromatic N) is 2. The van der Waals surface area contributed by atoms with Gasteiger partial charge >= 0.3 is 6.18 Å². The second kappa shape index (κ2) is 7.30. The van der Waals surface area contributed by atoms with Gasteiger partial charge in [0.1, 0.15) is 6.54 Å². The summed E-state index contributed by atoms with van der Waals surface area (Å²) in [6, 6.07) is 7.59. The van der Waals surface area contributed by atoms with Gasteiger partial charge < -0.3 is 4.90 Å². The van der Waals surface area contributed by atoms with Gasteiger partial charge in [0.2, 0.25) is 0 Å². The molecule has 1 rings (SSSR count). The lowest BCUT2D eigenvalue weighted by Gasteiger charge is -2.32. The Kier molecular flexibility index (Phi) is 5.98. The third-order valence-electron chi connectivity index (χ3n) is 3.52. The molecule has 0 aliphatic carbocycles. The first-order valence-electron chi connectivity index (χ1n) is 6.99. The standard InChI is InChI=1S/C16H19F3N2O/c1-11(2)12(3)21(10-16(17,18)19)15(22)14-6-4-5-13(9-14)7-8-20/h4-6,9,11-12H,7,10H2,1-3H3. The van der Waals surface area contributed by atoms with E-state index in [9.17, 15) is 18.0 Å². The highest BCUT2D eigenvalue weighted by Crippen LogP contribution is 2.23. The molecule has 0 N–H and O–H groups in total. The highest BCUT2D eigenvalue weighted by atomic mass is 19.4. The van der Waals surface area contributed by atoms with Crippen molar-refractivity contribution < 1.29 is 18.0 Å². The summed E-state index contributed by atoms with van der Waals surface area (Å²) in [5.74, 6) is -0.771. The van der Waals surface area contributed by atoms with Crippen LogP contribution in [0.4, 0.5) is 13.2 Å². The van der Waals surface area contributed by atoms with E-state index in [4.69, 9.17) is 5.26 Å². The molecule has 0 radical (unpaired) electrons. The van der Waals surface area contributed by atoms with Crippen LogP contribution in [-0.2, 0) is 6.42 Å². The molecule has 120 valence electrons. The number of hydrogen-bond donors (Lipinski definition) is 0. The van der Waals surface area contributed by atoms with E-state index in [1.54, 1.807) is 32.9 Å². The van der Waals surface area contributed by atoms with E-state index < -0.39 is 24.7 Å². The topological polar surface area (TPSA) is 44.1 Å². The number of carbonyl (C=O) groups is 1. The average molecular weight is 312 g/mol.